The number of nitrogens with zero attached hydrogens (tertiary/aromatic N) is 2. The van der Waals surface area contributed by atoms with Crippen LogP contribution in [0.4, 0.5) is 5.95 Å². The Hall–Kier alpha value is -1.99. The van der Waals surface area contributed by atoms with Crippen LogP contribution in [0.5, 0.6) is 0 Å². The summed E-state index contributed by atoms with van der Waals surface area (Å²) in [6, 6.07) is 0.416. The molecule has 120 valence electrons. The number of nitrogens with two attached hydrogens (primary N) is 1. The maximum absolute atomic E-state index is 10.6. The second kappa shape index (κ2) is 7.86. The first-order valence-electron chi connectivity index (χ1n) is 7.37. The first-order chi connectivity index (χ1) is 10.6. The Morgan fingerprint density at radius 3 is 2.86 bits per heavy atom. The van der Waals surface area contributed by atoms with E-state index in [1.165, 1.54) is 6.08 Å². The van der Waals surface area contributed by atoms with Crippen LogP contribution in [0.25, 0.3) is 6.08 Å². The van der Waals surface area contributed by atoms with Gasteiger partial charge in [-0.1, -0.05) is 0 Å². The van der Waals surface area contributed by atoms with E-state index in [2.05, 4.69) is 15.3 Å². The Morgan fingerprint density at radius 1 is 1.50 bits per heavy atom. The van der Waals surface area contributed by atoms with Gasteiger partial charge in [-0.15, -0.1) is 0 Å². The van der Waals surface area contributed by atoms with Gasteiger partial charge in [0.15, 0.2) is 0 Å². The monoisotopic (exact) mass is 306 g/mol. The molecule has 7 heteroatoms. The van der Waals surface area contributed by atoms with Crippen LogP contribution in [0, 0.1) is 0 Å². The highest BCUT2D eigenvalue weighted by Crippen LogP contribution is 2.21. The van der Waals surface area contributed by atoms with Crippen molar-refractivity contribution in [1.29, 1.82) is 0 Å². The Bertz CT molecular complexity index is 540. The number of hydrogen-bond donors (Lipinski definition) is 3. The van der Waals surface area contributed by atoms with Crippen molar-refractivity contribution < 1.29 is 14.6 Å². The molecule has 0 atom stereocenters. The molecule has 1 aromatic heterocycles. The average molecular weight is 306 g/mol. The molecule has 1 saturated carbocycles. The molecule has 22 heavy (non-hydrogen) atoms. The van der Waals surface area contributed by atoms with Crippen LogP contribution >= 0.6 is 0 Å². The number of aliphatic carboxylic acids is 1. The first-order valence-corrected chi connectivity index (χ1v) is 7.37. The third kappa shape index (κ3) is 4.78. The molecule has 1 aliphatic carbocycles. The third-order valence-electron chi connectivity index (χ3n) is 3.89. The summed E-state index contributed by atoms with van der Waals surface area (Å²) in [7, 11) is 1.75. The van der Waals surface area contributed by atoms with Crippen LogP contribution in [0.3, 0.4) is 0 Å². The van der Waals surface area contributed by atoms with Gasteiger partial charge in [-0.2, -0.15) is 0 Å². The highest BCUT2D eigenvalue weighted by atomic mass is 16.5. The van der Waals surface area contributed by atoms with Crippen molar-refractivity contribution in [2.24, 2.45) is 0 Å². The van der Waals surface area contributed by atoms with E-state index in [9.17, 15) is 4.79 Å². The lowest BCUT2D eigenvalue weighted by atomic mass is 9.93. The summed E-state index contributed by atoms with van der Waals surface area (Å²) < 4.78 is 5.36. The van der Waals surface area contributed by atoms with Crippen LogP contribution in [0.1, 0.15) is 36.9 Å². The molecule has 1 fully saturated rings. The highest BCUT2D eigenvalue weighted by molar-refractivity contribution is 5.85. The highest BCUT2D eigenvalue weighted by Gasteiger charge is 2.20. The fourth-order valence-corrected chi connectivity index (χ4v) is 2.63. The van der Waals surface area contributed by atoms with Crippen molar-refractivity contribution in [3.63, 3.8) is 0 Å². The zero-order valence-electron chi connectivity index (χ0n) is 12.7. The lowest BCUT2D eigenvalue weighted by Gasteiger charge is -2.28. The summed E-state index contributed by atoms with van der Waals surface area (Å²) in [6.07, 6.45) is 8.67. The number of rotatable bonds is 6. The summed E-state index contributed by atoms with van der Waals surface area (Å²) in [5, 5.41) is 12.2. The molecular weight excluding hydrogens is 284 g/mol. The minimum atomic E-state index is -1.01. The summed E-state index contributed by atoms with van der Waals surface area (Å²) in [6.45, 7) is 0.536. The number of hydrogen-bond acceptors (Lipinski definition) is 6. The molecule has 0 radical (unpaired) electrons. The maximum atomic E-state index is 10.6. The normalized spacial score (nSPS) is 22.0. The molecule has 7 nitrogen and oxygen atoms in total. The van der Waals surface area contributed by atoms with Crippen molar-refractivity contribution in [3.05, 3.63) is 23.5 Å². The Balaban J connectivity index is 1.97. The van der Waals surface area contributed by atoms with E-state index < -0.39 is 5.97 Å². The molecule has 0 amide bonds. The zero-order chi connectivity index (χ0) is 15.9. The minimum Gasteiger partial charge on any atom is -0.478 e. The molecule has 1 heterocycles. The van der Waals surface area contributed by atoms with E-state index in [1.54, 1.807) is 13.3 Å². The average Bonchev–Trinajstić information content (AvgIpc) is 2.52. The number of ether oxygens (including phenoxy) is 1. The van der Waals surface area contributed by atoms with E-state index in [0.717, 1.165) is 31.8 Å². The number of methoxy groups -OCH3 is 1. The number of carboxylic acids is 1. The third-order valence-corrected chi connectivity index (χ3v) is 3.89. The molecule has 0 bridgehead atoms. The largest absolute Gasteiger partial charge is 0.478 e. The van der Waals surface area contributed by atoms with E-state index in [0.29, 0.717) is 29.9 Å². The SMILES string of the molecule is CO[C@H]1CC[C@H](NCc2nc(N)ncc2C=CC(=O)O)CC1. The van der Waals surface area contributed by atoms with E-state index in [1.807, 2.05) is 0 Å². The van der Waals surface area contributed by atoms with Crippen LogP contribution in [0.15, 0.2) is 12.3 Å². The fraction of sp³-hybridized carbons (Fsp3) is 0.533. The molecule has 0 aromatic carbocycles. The number of anilines is 1. The van der Waals surface area contributed by atoms with E-state index in [4.69, 9.17) is 15.6 Å². The van der Waals surface area contributed by atoms with Gasteiger partial charge < -0.3 is 20.9 Å². The molecule has 1 aliphatic rings. The lowest BCUT2D eigenvalue weighted by molar-refractivity contribution is -0.131. The van der Waals surface area contributed by atoms with Gasteiger partial charge in [0.05, 0.1) is 11.8 Å². The van der Waals surface area contributed by atoms with Crippen LogP contribution in [0.2, 0.25) is 0 Å². The van der Waals surface area contributed by atoms with Gasteiger partial charge in [-0.05, 0) is 31.8 Å². The molecular formula is C15H22N4O3. The number of nitrogen functional groups attached to an aromatic ring is 1. The predicted molar refractivity (Wildman–Crippen MR) is 83.0 cm³/mol. The van der Waals surface area contributed by atoms with Gasteiger partial charge in [-0.3, -0.25) is 0 Å². The van der Waals surface area contributed by atoms with Gasteiger partial charge in [0.2, 0.25) is 5.95 Å². The van der Waals surface area contributed by atoms with Crippen LogP contribution in [-0.2, 0) is 16.1 Å². The molecule has 0 aliphatic heterocycles. The van der Waals surface area contributed by atoms with Crippen LogP contribution < -0.4 is 11.1 Å². The van der Waals surface area contributed by atoms with Gasteiger partial charge in [0, 0.05) is 37.5 Å². The van der Waals surface area contributed by atoms with Gasteiger partial charge >= 0.3 is 5.97 Å². The van der Waals surface area contributed by atoms with E-state index >= 15 is 0 Å². The van der Waals surface area contributed by atoms with Crippen molar-refractivity contribution in [2.45, 2.75) is 44.4 Å². The lowest BCUT2D eigenvalue weighted by Crippen LogP contribution is -2.35. The molecule has 2 rings (SSSR count). The fourth-order valence-electron chi connectivity index (χ4n) is 2.63. The minimum absolute atomic E-state index is 0.187. The first kappa shape index (κ1) is 16.4. The second-order valence-electron chi connectivity index (χ2n) is 5.39. The van der Waals surface area contributed by atoms with Gasteiger partial charge in [-0.25, -0.2) is 14.8 Å². The Labute approximate surface area is 129 Å². The number of carboxylic acid groups (broad SMARTS) is 1. The van der Waals surface area contributed by atoms with Crippen LogP contribution in [-0.4, -0.2) is 40.3 Å². The summed E-state index contributed by atoms with van der Waals surface area (Å²) >= 11 is 0. The molecule has 0 unspecified atom stereocenters. The number of nitrogens with one attached hydrogen (secondary N) is 1. The summed E-state index contributed by atoms with van der Waals surface area (Å²) in [5.74, 6) is -0.819. The van der Waals surface area contributed by atoms with Crippen molar-refractivity contribution in [3.8, 4) is 0 Å². The van der Waals surface area contributed by atoms with Gasteiger partial charge in [0.1, 0.15) is 0 Å². The topological polar surface area (TPSA) is 110 Å². The zero-order valence-corrected chi connectivity index (χ0v) is 12.7. The summed E-state index contributed by atoms with van der Waals surface area (Å²) in [5.41, 5.74) is 6.99. The molecule has 4 N–H and O–H groups in total. The number of aromatic nitrogens is 2. The molecule has 0 saturated heterocycles. The van der Waals surface area contributed by atoms with Crippen molar-refractivity contribution >= 4 is 18.0 Å². The van der Waals surface area contributed by atoms with Gasteiger partial charge in [0.25, 0.3) is 0 Å². The van der Waals surface area contributed by atoms with Crippen molar-refractivity contribution in [2.75, 3.05) is 12.8 Å². The maximum Gasteiger partial charge on any atom is 0.328 e. The standard InChI is InChI=1S/C15H22N4O3/c1-22-12-5-3-11(4-6-12)17-9-13-10(2-7-14(20)21)8-18-15(16)19-13/h2,7-8,11-12,17H,3-6,9H2,1H3,(H,20,21)(H2,16,18,19)/t11-,12-. The van der Waals surface area contributed by atoms with E-state index in [-0.39, 0.29) is 5.95 Å². The van der Waals surface area contributed by atoms with Crippen molar-refractivity contribution in [1.82, 2.24) is 15.3 Å². The summed E-state index contributed by atoms with van der Waals surface area (Å²) in [4.78, 5) is 18.7. The molecule has 0 spiro atoms. The predicted octanol–water partition coefficient (Wildman–Crippen LogP) is 1.20. The smallest absolute Gasteiger partial charge is 0.328 e. The Morgan fingerprint density at radius 2 is 2.23 bits per heavy atom. The Kier molecular flexibility index (Phi) is 5.85. The quantitative estimate of drug-likeness (QED) is 0.677. The number of carbonyl (C=O) groups is 1. The second-order valence-corrected chi connectivity index (χ2v) is 5.39. The molecule has 1 aromatic rings.